The molecule has 0 aliphatic carbocycles. The lowest BCUT2D eigenvalue weighted by Crippen LogP contribution is -2.01. The van der Waals surface area contributed by atoms with Crippen LogP contribution in [0.25, 0.3) is 0 Å². The van der Waals surface area contributed by atoms with Gasteiger partial charge in [-0.15, -0.1) is 11.8 Å². The Hall–Kier alpha value is -2.28. The van der Waals surface area contributed by atoms with Gasteiger partial charge >= 0.3 is 5.97 Å². The summed E-state index contributed by atoms with van der Waals surface area (Å²) in [5.41, 5.74) is 0.174. The minimum Gasteiger partial charge on any atom is -0.478 e. The van der Waals surface area contributed by atoms with E-state index in [-0.39, 0.29) is 11.3 Å². The molecule has 0 spiro atoms. The van der Waals surface area contributed by atoms with Crippen LogP contribution in [0.5, 0.6) is 0 Å². The highest BCUT2D eigenvalue weighted by atomic mass is 32.2. The van der Waals surface area contributed by atoms with Crippen molar-refractivity contribution in [3.63, 3.8) is 0 Å². The lowest BCUT2D eigenvalue weighted by atomic mass is 10.1. The van der Waals surface area contributed by atoms with Crippen molar-refractivity contribution in [2.24, 2.45) is 0 Å². The number of thioether (sulfide) groups is 1. The van der Waals surface area contributed by atoms with E-state index in [2.05, 4.69) is 0 Å². The highest BCUT2D eigenvalue weighted by molar-refractivity contribution is 7.98. The standard InChI is InChI=1S/C13H11NO5S/c1-8-11(14(17)18)5-9(13(15)16)6-12(8)20-7-10-3-2-4-19-10/h2-6H,7H2,1H3,(H,15,16). The summed E-state index contributed by atoms with van der Waals surface area (Å²) in [5.74, 6) is 0.0133. The van der Waals surface area contributed by atoms with Gasteiger partial charge in [-0.1, -0.05) is 0 Å². The van der Waals surface area contributed by atoms with Gasteiger partial charge in [0, 0.05) is 16.5 Å². The summed E-state index contributed by atoms with van der Waals surface area (Å²) in [7, 11) is 0. The first-order chi connectivity index (χ1) is 9.49. The van der Waals surface area contributed by atoms with E-state index in [0.717, 1.165) is 11.8 Å². The third kappa shape index (κ3) is 3.00. The van der Waals surface area contributed by atoms with Crippen LogP contribution in [0.3, 0.4) is 0 Å². The number of nitrogens with zero attached hydrogens (tertiary/aromatic N) is 1. The van der Waals surface area contributed by atoms with Crippen LogP contribution in [0.15, 0.2) is 39.8 Å². The number of carboxylic acid groups (broad SMARTS) is 1. The third-order valence-corrected chi connectivity index (χ3v) is 3.89. The van der Waals surface area contributed by atoms with Gasteiger partial charge in [0.1, 0.15) is 5.76 Å². The van der Waals surface area contributed by atoms with Crippen molar-refractivity contribution in [3.05, 3.63) is 57.5 Å². The quantitative estimate of drug-likeness (QED) is 0.515. The van der Waals surface area contributed by atoms with Crippen LogP contribution >= 0.6 is 11.8 Å². The number of furan rings is 1. The average Bonchev–Trinajstić information content (AvgIpc) is 2.90. The molecule has 7 heteroatoms. The second-order valence-electron chi connectivity index (χ2n) is 4.05. The van der Waals surface area contributed by atoms with E-state index in [1.54, 1.807) is 25.3 Å². The molecule has 0 fully saturated rings. The van der Waals surface area contributed by atoms with E-state index in [1.807, 2.05) is 0 Å². The molecule has 0 saturated heterocycles. The fraction of sp³-hybridized carbons (Fsp3) is 0.154. The molecule has 0 bridgehead atoms. The number of hydrogen-bond acceptors (Lipinski definition) is 5. The van der Waals surface area contributed by atoms with Gasteiger partial charge in [-0.25, -0.2) is 4.79 Å². The first-order valence-electron chi connectivity index (χ1n) is 5.66. The van der Waals surface area contributed by atoms with Gasteiger partial charge in [-0.3, -0.25) is 10.1 Å². The van der Waals surface area contributed by atoms with Gasteiger partial charge in [0.25, 0.3) is 5.69 Å². The van der Waals surface area contributed by atoms with E-state index >= 15 is 0 Å². The van der Waals surface area contributed by atoms with Gasteiger partial charge in [0.2, 0.25) is 0 Å². The van der Waals surface area contributed by atoms with Crippen LogP contribution in [0.4, 0.5) is 5.69 Å². The Balaban J connectivity index is 2.35. The number of nitro groups is 1. The second-order valence-corrected chi connectivity index (χ2v) is 5.07. The lowest BCUT2D eigenvalue weighted by Gasteiger charge is -2.07. The first-order valence-corrected chi connectivity index (χ1v) is 6.65. The summed E-state index contributed by atoms with van der Waals surface area (Å²) < 4.78 is 5.18. The Morgan fingerprint density at radius 3 is 2.80 bits per heavy atom. The molecule has 0 saturated carbocycles. The minimum atomic E-state index is -1.19. The monoisotopic (exact) mass is 293 g/mol. The van der Waals surface area contributed by atoms with Gasteiger partial charge in [0.15, 0.2) is 0 Å². The van der Waals surface area contributed by atoms with Crippen molar-refractivity contribution in [2.45, 2.75) is 17.6 Å². The molecule has 6 nitrogen and oxygen atoms in total. The molecule has 0 radical (unpaired) electrons. The Labute approximate surface area is 118 Å². The molecule has 104 valence electrons. The molecule has 0 aliphatic heterocycles. The first kappa shape index (κ1) is 14.1. The summed E-state index contributed by atoms with van der Waals surface area (Å²) in [5, 5.41) is 20.0. The lowest BCUT2D eigenvalue weighted by molar-refractivity contribution is -0.385. The summed E-state index contributed by atoms with van der Waals surface area (Å²) in [4.78, 5) is 22.0. The maximum absolute atomic E-state index is 11.0. The fourth-order valence-corrected chi connectivity index (χ4v) is 2.67. The highest BCUT2D eigenvalue weighted by Crippen LogP contribution is 2.33. The van der Waals surface area contributed by atoms with Crippen LogP contribution < -0.4 is 0 Å². The number of hydrogen-bond donors (Lipinski definition) is 1. The summed E-state index contributed by atoms with van der Waals surface area (Å²) in [6.45, 7) is 1.61. The van der Waals surface area contributed by atoms with Crippen molar-refractivity contribution in [1.82, 2.24) is 0 Å². The molecular weight excluding hydrogens is 282 g/mol. The van der Waals surface area contributed by atoms with Gasteiger partial charge in [-0.2, -0.15) is 0 Å². The van der Waals surface area contributed by atoms with Crippen molar-refractivity contribution in [2.75, 3.05) is 0 Å². The van der Waals surface area contributed by atoms with Crippen LogP contribution in [0, 0.1) is 17.0 Å². The van der Waals surface area contributed by atoms with E-state index in [1.165, 1.54) is 17.8 Å². The Bertz CT molecular complexity index is 651. The third-order valence-electron chi connectivity index (χ3n) is 2.73. The molecule has 1 aromatic carbocycles. The van der Waals surface area contributed by atoms with E-state index in [4.69, 9.17) is 9.52 Å². The zero-order valence-corrected chi connectivity index (χ0v) is 11.3. The summed E-state index contributed by atoms with van der Waals surface area (Å²) in [6, 6.07) is 6.06. The Morgan fingerprint density at radius 1 is 1.50 bits per heavy atom. The molecule has 1 N–H and O–H groups in total. The van der Waals surface area contributed by atoms with Gasteiger partial charge in [0.05, 0.1) is 22.5 Å². The van der Waals surface area contributed by atoms with Crippen LogP contribution in [-0.4, -0.2) is 16.0 Å². The van der Waals surface area contributed by atoms with E-state index in [9.17, 15) is 14.9 Å². The molecule has 0 unspecified atom stereocenters. The van der Waals surface area contributed by atoms with E-state index < -0.39 is 10.9 Å². The number of carbonyl (C=O) groups is 1. The molecule has 1 aromatic heterocycles. The van der Waals surface area contributed by atoms with Crippen LogP contribution in [0.1, 0.15) is 21.7 Å². The van der Waals surface area contributed by atoms with E-state index in [0.29, 0.717) is 16.2 Å². The highest BCUT2D eigenvalue weighted by Gasteiger charge is 2.19. The zero-order chi connectivity index (χ0) is 14.7. The van der Waals surface area contributed by atoms with Crippen LogP contribution in [0.2, 0.25) is 0 Å². The van der Waals surface area contributed by atoms with Gasteiger partial charge in [-0.05, 0) is 25.1 Å². The molecule has 20 heavy (non-hydrogen) atoms. The minimum absolute atomic E-state index is 0.0933. The average molecular weight is 293 g/mol. The van der Waals surface area contributed by atoms with Crippen molar-refractivity contribution >= 4 is 23.4 Å². The molecular formula is C13H11NO5S. The van der Waals surface area contributed by atoms with Crippen molar-refractivity contribution in [1.29, 1.82) is 0 Å². The fourth-order valence-electron chi connectivity index (χ4n) is 1.68. The van der Waals surface area contributed by atoms with Crippen molar-refractivity contribution in [3.8, 4) is 0 Å². The summed E-state index contributed by atoms with van der Waals surface area (Å²) in [6.07, 6.45) is 1.54. The largest absolute Gasteiger partial charge is 0.478 e. The number of rotatable bonds is 5. The molecule has 2 aromatic rings. The Kier molecular flexibility index (Phi) is 4.09. The predicted molar refractivity (Wildman–Crippen MR) is 73.1 cm³/mol. The number of aromatic carboxylic acids is 1. The van der Waals surface area contributed by atoms with Crippen LogP contribution in [-0.2, 0) is 5.75 Å². The zero-order valence-electron chi connectivity index (χ0n) is 10.5. The maximum atomic E-state index is 11.0. The Morgan fingerprint density at radius 2 is 2.25 bits per heavy atom. The van der Waals surface area contributed by atoms with Gasteiger partial charge < -0.3 is 9.52 Å². The SMILES string of the molecule is Cc1c(SCc2ccco2)cc(C(=O)O)cc1[N+](=O)[O-]. The number of carboxylic acids is 1. The topological polar surface area (TPSA) is 93.6 Å². The van der Waals surface area contributed by atoms with Crippen molar-refractivity contribution < 1.29 is 19.2 Å². The predicted octanol–water partition coefficient (Wildman–Crippen LogP) is 3.49. The normalized spacial score (nSPS) is 10.4. The molecule has 2 rings (SSSR count). The summed E-state index contributed by atoms with van der Waals surface area (Å²) >= 11 is 1.31. The molecule has 0 aliphatic rings. The number of benzene rings is 1. The number of nitro benzene ring substituents is 1. The molecule has 1 heterocycles. The smallest absolute Gasteiger partial charge is 0.335 e. The molecule has 0 atom stereocenters. The molecule has 0 amide bonds. The second kappa shape index (κ2) is 5.79. The maximum Gasteiger partial charge on any atom is 0.335 e.